The zero-order valence-electron chi connectivity index (χ0n) is 12.3. The summed E-state index contributed by atoms with van der Waals surface area (Å²) >= 11 is 6.20. The molecule has 0 spiro atoms. The van der Waals surface area contributed by atoms with Gasteiger partial charge in [0.1, 0.15) is 0 Å². The van der Waals surface area contributed by atoms with Crippen molar-refractivity contribution in [3.05, 3.63) is 22.7 Å². The van der Waals surface area contributed by atoms with E-state index in [4.69, 9.17) is 31.5 Å². The predicted molar refractivity (Wildman–Crippen MR) is 80.9 cm³/mol. The highest BCUT2D eigenvalue weighted by Crippen LogP contribution is 2.36. The van der Waals surface area contributed by atoms with Crippen LogP contribution in [0.3, 0.4) is 0 Å². The lowest BCUT2D eigenvalue weighted by molar-refractivity contribution is -0.118. The van der Waals surface area contributed by atoms with Crippen molar-refractivity contribution in [2.75, 3.05) is 34.0 Å². The first kappa shape index (κ1) is 17.6. The van der Waals surface area contributed by atoms with E-state index in [0.717, 1.165) is 12.1 Å². The Labute approximate surface area is 129 Å². The van der Waals surface area contributed by atoms with E-state index < -0.39 is 5.91 Å². The summed E-state index contributed by atoms with van der Waals surface area (Å²) in [7, 11) is 3.19. The standard InChI is InChI=1S/C14H21ClN2O4/c1-19-6-4-17-9-10-7-11(15)14(12(8-10)20-2)21-5-3-13(16)18/h7-8,17H,3-6,9H2,1-2H3,(H2,16,18). The van der Waals surface area contributed by atoms with E-state index in [1.807, 2.05) is 6.07 Å². The molecule has 0 unspecified atom stereocenters. The molecule has 0 aliphatic heterocycles. The number of rotatable bonds is 10. The minimum atomic E-state index is -0.427. The Balaban J connectivity index is 2.69. The first-order valence-electron chi connectivity index (χ1n) is 6.55. The van der Waals surface area contributed by atoms with E-state index in [2.05, 4.69) is 5.32 Å². The van der Waals surface area contributed by atoms with Crippen molar-refractivity contribution in [1.82, 2.24) is 5.32 Å². The van der Waals surface area contributed by atoms with E-state index in [9.17, 15) is 4.79 Å². The van der Waals surface area contributed by atoms with E-state index in [1.165, 1.54) is 7.11 Å². The molecule has 1 rings (SSSR count). The summed E-state index contributed by atoms with van der Waals surface area (Å²) in [5.74, 6) is 0.514. The van der Waals surface area contributed by atoms with Crippen LogP contribution < -0.4 is 20.5 Å². The number of methoxy groups -OCH3 is 2. The second kappa shape index (κ2) is 9.44. The Morgan fingerprint density at radius 2 is 2.10 bits per heavy atom. The van der Waals surface area contributed by atoms with Crippen molar-refractivity contribution in [3.63, 3.8) is 0 Å². The number of carbonyl (C=O) groups is 1. The number of halogens is 1. The van der Waals surface area contributed by atoms with E-state index in [0.29, 0.717) is 29.7 Å². The molecule has 0 saturated carbocycles. The molecule has 0 aliphatic rings. The average molecular weight is 317 g/mol. The normalized spacial score (nSPS) is 10.4. The van der Waals surface area contributed by atoms with Crippen LogP contribution in [-0.4, -0.2) is 39.9 Å². The third-order valence-corrected chi connectivity index (χ3v) is 2.98. The second-order valence-corrected chi connectivity index (χ2v) is 4.75. The second-order valence-electron chi connectivity index (χ2n) is 4.34. The first-order chi connectivity index (χ1) is 10.1. The molecule has 0 atom stereocenters. The molecule has 0 radical (unpaired) electrons. The van der Waals surface area contributed by atoms with Gasteiger partial charge in [0.05, 0.1) is 31.8 Å². The van der Waals surface area contributed by atoms with Crippen molar-refractivity contribution in [2.45, 2.75) is 13.0 Å². The van der Waals surface area contributed by atoms with Gasteiger partial charge in [-0.25, -0.2) is 0 Å². The number of amides is 1. The largest absolute Gasteiger partial charge is 0.493 e. The fourth-order valence-electron chi connectivity index (χ4n) is 1.68. The average Bonchev–Trinajstić information content (AvgIpc) is 2.45. The lowest BCUT2D eigenvalue weighted by Crippen LogP contribution is -2.18. The number of hydrogen-bond donors (Lipinski definition) is 2. The highest BCUT2D eigenvalue weighted by Gasteiger charge is 2.12. The van der Waals surface area contributed by atoms with Gasteiger partial charge in [-0.1, -0.05) is 11.6 Å². The summed E-state index contributed by atoms with van der Waals surface area (Å²) < 4.78 is 15.7. The van der Waals surface area contributed by atoms with Gasteiger partial charge in [0.2, 0.25) is 5.91 Å². The quantitative estimate of drug-likeness (QED) is 0.636. The van der Waals surface area contributed by atoms with Crippen molar-refractivity contribution in [2.24, 2.45) is 5.73 Å². The predicted octanol–water partition coefficient (Wildman–Crippen LogP) is 1.34. The van der Waals surface area contributed by atoms with Crippen LogP contribution in [0.1, 0.15) is 12.0 Å². The molecular formula is C14H21ClN2O4. The van der Waals surface area contributed by atoms with Gasteiger partial charge < -0.3 is 25.3 Å². The summed E-state index contributed by atoms with van der Waals surface area (Å²) in [6.07, 6.45) is 0.125. The number of benzene rings is 1. The number of carbonyl (C=O) groups excluding carboxylic acids is 1. The molecule has 0 bridgehead atoms. The lowest BCUT2D eigenvalue weighted by atomic mass is 10.2. The van der Waals surface area contributed by atoms with Gasteiger partial charge in [0, 0.05) is 20.2 Å². The highest BCUT2D eigenvalue weighted by atomic mass is 35.5. The van der Waals surface area contributed by atoms with Crippen molar-refractivity contribution in [1.29, 1.82) is 0 Å². The molecule has 0 saturated heterocycles. The van der Waals surface area contributed by atoms with Crippen LogP contribution in [0.5, 0.6) is 11.5 Å². The monoisotopic (exact) mass is 316 g/mol. The van der Waals surface area contributed by atoms with Gasteiger partial charge >= 0.3 is 0 Å². The minimum absolute atomic E-state index is 0.125. The van der Waals surface area contributed by atoms with Crippen LogP contribution in [0, 0.1) is 0 Å². The van der Waals surface area contributed by atoms with Crippen LogP contribution in [0.15, 0.2) is 12.1 Å². The van der Waals surface area contributed by atoms with Gasteiger partial charge in [-0.05, 0) is 17.7 Å². The summed E-state index contributed by atoms with van der Waals surface area (Å²) in [6.45, 7) is 2.18. The SMILES string of the molecule is COCCNCc1cc(Cl)c(OCCC(N)=O)c(OC)c1. The molecule has 7 heteroatoms. The lowest BCUT2D eigenvalue weighted by Gasteiger charge is -2.14. The molecular weight excluding hydrogens is 296 g/mol. The molecule has 0 aromatic heterocycles. The van der Waals surface area contributed by atoms with Crippen LogP contribution in [0.25, 0.3) is 0 Å². The van der Waals surface area contributed by atoms with Crippen LogP contribution in [0.2, 0.25) is 5.02 Å². The first-order valence-corrected chi connectivity index (χ1v) is 6.93. The maximum Gasteiger partial charge on any atom is 0.220 e. The smallest absolute Gasteiger partial charge is 0.220 e. The van der Waals surface area contributed by atoms with Crippen molar-refractivity contribution >= 4 is 17.5 Å². The number of nitrogens with two attached hydrogens (primary N) is 1. The van der Waals surface area contributed by atoms with Gasteiger partial charge in [-0.15, -0.1) is 0 Å². The topological polar surface area (TPSA) is 82.8 Å². The fourth-order valence-corrected chi connectivity index (χ4v) is 1.96. The molecule has 0 aliphatic carbocycles. The third-order valence-electron chi connectivity index (χ3n) is 2.70. The molecule has 0 fully saturated rings. The summed E-state index contributed by atoms with van der Waals surface area (Å²) in [4.78, 5) is 10.7. The van der Waals surface area contributed by atoms with Gasteiger partial charge in [0.25, 0.3) is 0 Å². The zero-order chi connectivity index (χ0) is 15.7. The summed E-state index contributed by atoms with van der Waals surface area (Å²) in [6, 6.07) is 3.63. The van der Waals surface area contributed by atoms with Crippen LogP contribution >= 0.6 is 11.6 Å². The molecule has 1 amide bonds. The maximum atomic E-state index is 10.7. The molecule has 6 nitrogen and oxygen atoms in total. The van der Waals surface area contributed by atoms with Gasteiger partial charge in [0.15, 0.2) is 11.5 Å². The zero-order valence-corrected chi connectivity index (χ0v) is 13.0. The summed E-state index contributed by atoms with van der Waals surface area (Å²) in [5.41, 5.74) is 6.03. The Bertz CT molecular complexity index is 469. The van der Waals surface area contributed by atoms with Crippen molar-refractivity contribution in [3.8, 4) is 11.5 Å². The number of ether oxygens (including phenoxy) is 3. The van der Waals surface area contributed by atoms with Gasteiger partial charge in [-0.3, -0.25) is 4.79 Å². The third kappa shape index (κ3) is 6.20. The Morgan fingerprint density at radius 1 is 1.33 bits per heavy atom. The van der Waals surface area contributed by atoms with Crippen LogP contribution in [0.4, 0.5) is 0 Å². The molecule has 0 heterocycles. The number of primary amides is 1. The minimum Gasteiger partial charge on any atom is -0.493 e. The number of hydrogen-bond acceptors (Lipinski definition) is 5. The maximum absolute atomic E-state index is 10.7. The highest BCUT2D eigenvalue weighted by molar-refractivity contribution is 6.32. The fraction of sp³-hybridized carbons (Fsp3) is 0.500. The Kier molecular flexibility index (Phi) is 7.89. The van der Waals surface area contributed by atoms with E-state index in [1.54, 1.807) is 13.2 Å². The van der Waals surface area contributed by atoms with E-state index >= 15 is 0 Å². The molecule has 118 valence electrons. The van der Waals surface area contributed by atoms with Crippen molar-refractivity contribution < 1.29 is 19.0 Å². The molecule has 21 heavy (non-hydrogen) atoms. The van der Waals surface area contributed by atoms with Gasteiger partial charge in [-0.2, -0.15) is 0 Å². The molecule has 3 N–H and O–H groups in total. The van der Waals surface area contributed by atoms with E-state index in [-0.39, 0.29) is 13.0 Å². The molecule has 1 aromatic rings. The summed E-state index contributed by atoms with van der Waals surface area (Å²) in [5, 5.41) is 3.65. The number of nitrogens with one attached hydrogen (secondary N) is 1. The Morgan fingerprint density at radius 3 is 2.71 bits per heavy atom. The van der Waals surface area contributed by atoms with Crippen LogP contribution in [-0.2, 0) is 16.1 Å². The Hall–Kier alpha value is -1.50. The molecule has 1 aromatic carbocycles.